The Balaban J connectivity index is 2.06. The van der Waals surface area contributed by atoms with Crippen molar-refractivity contribution in [3.05, 3.63) is 29.8 Å². The first kappa shape index (κ1) is 13.9. The highest BCUT2D eigenvalue weighted by Gasteiger charge is 2.58. The maximum atomic E-state index is 11.6. The standard InChI is InChI=1S/C16H22O3/c1-5-19-14(17)10-13-15(16(13,2)3)11-6-8-12(18-4)9-7-11/h6-9,13,15H,5,10H2,1-4H3. The molecule has 2 unspecified atom stereocenters. The fourth-order valence-corrected chi connectivity index (χ4v) is 3.00. The van der Waals surface area contributed by atoms with E-state index in [9.17, 15) is 4.79 Å². The Hall–Kier alpha value is -1.51. The second-order valence-electron chi connectivity index (χ2n) is 5.69. The fourth-order valence-electron chi connectivity index (χ4n) is 3.00. The summed E-state index contributed by atoms with van der Waals surface area (Å²) in [6, 6.07) is 8.14. The maximum Gasteiger partial charge on any atom is 0.306 e. The van der Waals surface area contributed by atoms with E-state index in [-0.39, 0.29) is 11.4 Å². The molecule has 0 spiro atoms. The first-order valence-corrected chi connectivity index (χ1v) is 6.80. The fraction of sp³-hybridized carbons (Fsp3) is 0.562. The Morgan fingerprint density at radius 1 is 1.26 bits per heavy atom. The molecule has 0 radical (unpaired) electrons. The number of rotatable bonds is 5. The highest BCUT2D eigenvalue weighted by Crippen LogP contribution is 2.65. The van der Waals surface area contributed by atoms with Crippen molar-refractivity contribution in [2.45, 2.75) is 33.1 Å². The Labute approximate surface area is 114 Å². The minimum atomic E-state index is -0.0865. The zero-order chi connectivity index (χ0) is 14.0. The SMILES string of the molecule is CCOC(=O)CC1C(c2ccc(OC)cc2)C1(C)C. The summed E-state index contributed by atoms with van der Waals surface area (Å²) in [6.45, 7) is 6.73. The number of hydrogen-bond donors (Lipinski definition) is 0. The molecule has 0 heterocycles. The zero-order valence-corrected chi connectivity index (χ0v) is 12.1. The van der Waals surface area contributed by atoms with Crippen molar-refractivity contribution in [3.8, 4) is 5.75 Å². The Morgan fingerprint density at radius 3 is 2.42 bits per heavy atom. The van der Waals surface area contributed by atoms with Crippen molar-refractivity contribution in [2.24, 2.45) is 11.3 Å². The summed E-state index contributed by atoms with van der Waals surface area (Å²) in [5.74, 6) is 1.59. The van der Waals surface area contributed by atoms with Crippen molar-refractivity contribution in [1.29, 1.82) is 0 Å². The van der Waals surface area contributed by atoms with Crippen LogP contribution in [0.15, 0.2) is 24.3 Å². The smallest absolute Gasteiger partial charge is 0.306 e. The number of carbonyl (C=O) groups excluding carboxylic acids is 1. The lowest BCUT2D eigenvalue weighted by Gasteiger charge is -2.04. The second kappa shape index (κ2) is 5.24. The predicted octanol–water partition coefficient (Wildman–Crippen LogP) is 3.39. The Kier molecular flexibility index (Phi) is 3.83. The van der Waals surface area contributed by atoms with Gasteiger partial charge in [-0.2, -0.15) is 0 Å². The summed E-state index contributed by atoms with van der Waals surface area (Å²) in [4.78, 5) is 11.6. The molecule has 1 fully saturated rings. The van der Waals surface area contributed by atoms with E-state index < -0.39 is 0 Å². The van der Waals surface area contributed by atoms with E-state index in [4.69, 9.17) is 9.47 Å². The molecule has 1 aliphatic carbocycles. The van der Waals surface area contributed by atoms with Gasteiger partial charge in [0.25, 0.3) is 0 Å². The summed E-state index contributed by atoms with van der Waals surface area (Å²) in [5, 5.41) is 0. The molecule has 2 rings (SSSR count). The van der Waals surface area contributed by atoms with E-state index in [2.05, 4.69) is 26.0 Å². The molecular weight excluding hydrogens is 240 g/mol. The second-order valence-corrected chi connectivity index (χ2v) is 5.69. The molecular formula is C16H22O3. The van der Waals surface area contributed by atoms with Crippen LogP contribution in [0.5, 0.6) is 5.75 Å². The number of ether oxygens (including phenoxy) is 2. The van der Waals surface area contributed by atoms with E-state index in [0.717, 1.165) is 5.75 Å². The Bertz CT molecular complexity index is 448. The topological polar surface area (TPSA) is 35.5 Å². The molecule has 3 nitrogen and oxygen atoms in total. The van der Waals surface area contributed by atoms with Gasteiger partial charge in [-0.25, -0.2) is 0 Å². The average Bonchev–Trinajstić information content (AvgIpc) is 2.91. The van der Waals surface area contributed by atoms with Gasteiger partial charge in [0, 0.05) is 6.42 Å². The van der Waals surface area contributed by atoms with Gasteiger partial charge >= 0.3 is 5.97 Å². The summed E-state index contributed by atoms with van der Waals surface area (Å²) in [7, 11) is 1.67. The number of esters is 1. The normalized spacial score (nSPS) is 23.8. The van der Waals surface area contributed by atoms with Gasteiger partial charge in [0.2, 0.25) is 0 Å². The average molecular weight is 262 g/mol. The van der Waals surface area contributed by atoms with Crippen molar-refractivity contribution in [2.75, 3.05) is 13.7 Å². The predicted molar refractivity (Wildman–Crippen MR) is 74.3 cm³/mol. The lowest BCUT2D eigenvalue weighted by atomic mass is 10.0. The van der Waals surface area contributed by atoms with Gasteiger partial charge < -0.3 is 9.47 Å². The highest BCUT2D eigenvalue weighted by molar-refractivity contribution is 5.70. The van der Waals surface area contributed by atoms with Crippen LogP contribution >= 0.6 is 0 Å². The molecule has 1 aliphatic rings. The molecule has 104 valence electrons. The summed E-state index contributed by atoms with van der Waals surface area (Å²) >= 11 is 0. The third-order valence-corrected chi connectivity index (χ3v) is 4.22. The van der Waals surface area contributed by atoms with Gasteiger partial charge in [-0.05, 0) is 41.9 Å². The molecule has 1 aromatic carbocycles. The molecule has 0 bridgehead atoms. The number of hydrogen-bond acceptors (Lipinski definition) is 3. The molecule has 1 saturated carbocycles. The molecule has 0 aliphatic heterocycles. The molecule has 0 N–H and O–H groups in total. The first-order chi connectivity index (χ1) is 9.00. The van der Waals surface area contributed by atoms with Gasteiger partial charge in [-0.1, -0.05) is 26.0 Å². The summed E-state index contributed by atoms with van der Waals surface area (Å²) in [5.41, 5.74) is 1.45. The van der Waals surface area contributed by atoms with Crippen LogP contribution in [-0.4, -0.2) is 19.7 Å². The van der Waals surface area contributed by atoms with Crippen LogP contribution < -0.4 is 4.74 Å². The number of benzene rings is 1. The lowest BCUT2D eigenvalue weighted by Crippen LogP contribution is -2.06. The van der Waals surface area contributed by atoms with Crippen molar-refractivity contribution in [1.82, 2.24) is 0 Å². The minimum absolute atomic E-state index is 0.0865. The maximum absolute atomic E-state index is 11.6. The molecule has 0 saturated heterocycles. The van der Waals surface area contributed by atoms with Gasteiger partial charge in [-0.15, -0.1) is 0 Å². The molecule has 3 heteroatoms. The molecule has 1 aromatic rings. The Morgan fingerprint density at radius 2 is 1.89 bits per heavy atom. The molecule has 0 aromatic heterocycles. The molecule has 19 heavy (non-hydrogen) atoms. The van der Waals surface area contributed by atoms with Crippen molar-refractivity contribution in [3.63, 3.8) is 0 Å². The van der Waals surface area contributed by atoms with Crippen LogP contribution in [0.3, 0.4) is 0 Å². The third kappa shape index (κ3) is 2.75. The van der Waals surface area contributed by atoms with Gasteiger partial charge in [0.05, 0.1) is 13.7 Å². The monoisotopic (exact) mass is 262 g/mol. The van der Waals surface area contributed by atoms with Gasteiger partial charge in [-0.3, -0.25) is 4.79 Å². The van der Waals surface area contributed by atoms with Crippen molar-refractivity contribution < 1.29 is 14.3 Å². The molecule has 0 amide bonds. The zero-order valence-electron chi connectivity index (χ0n) is 12.1. The number of methoxy groups -OCH3 is 1. The first-order valence-electron chi connectivity index (χ1n) is 6.80. The van der Waals surface area contributed by atoms with Crippen molar-refractivity contribution >= 4 is 5.97 Å². The van der Waals surface area contributed by atoms with E-state index in [0.29, 0.717) is 24.9 Å². The van der Waals surface area contributed by atoms with Gasteiger partial charge in [0.15, 0.2) is 0 Å². The van der Waals surface area contributed by atoms with E-state index >= 15 is 0 Å². The summed E-state index contributed by atoms with van der Waals surface area (Å²) in [6.07, 6.45) is 0.511. The van der Waals surface area contributed by atoms with Crippen LogP contribution in [0.4, 0.5) is 0 Å². The van der Waals surface area contributed by atoms with Crippen LogP contribution in [0.25, 0.3) is 0 Å². The quantitative estimate of drug-likeness (QED) is 0.763. The molecule has 2 atom stereocenters. The summed E-state index contributed by atoms with van der Waals surface area (Å²) < 4.78 is 10.2. The van der Waals surface area contributed by atoms with Crippen LogP contribution in [0, 0.1) is 11.3 Å². The van der Waals surface area contributed by atoms with E-state index in [1.54, 1.807) is 7.11 Å². The number of carbonyl (C=O) groups is 1. The van der Waals surface area contributed by atoms with E-state index in [1.807, 2.05) is 19.1 Å². The van der Waals surface area contributed by atoms with Gasteiger partial charge in [0.1, 0.15) is 5.75 Å². The lowest BCUT2D eigenvalue weighted by molar-refractivity contribution is -0.143. The van der Waals surface area contributed by atoms with E-state index in [1.165, 1.54) is 5.56 Å². The highest BCUT2D eigenvalue weighted by atomic mass is 16.5. The third-order valence-electron chi connectivity index (χ3n) is 4.22. The van der Waals surface area contributed by atoms with Crippen LogP contribution in [0.1, 0.15) is 38.7 Å². The van der Waals surface area contributed by atoms with Crippen LogP contribution in [0.2, 0.25) is 0 Å². The van der Waals surface area contributed by atoms with Crippen LogP contribution in [-0.2, 0) is 9.53 Å². The minimum Gasteiger partial charge on any atom is -0.497 e. The largest absolute Gasteiger partial charge is 0.497 e.